The number of nitrogens with zero attached hydrogens (tertiary/aromatic N) is 6. The third-order valence-electron chi connectivity index (χ3n) is 3.41. The second kappa shape index (κ2) is 8.03. The summed E-state index contributed by atoms with van der Waals surface area (Å²) in [5.74, 6) is 0. The summed E-state index contributed by atoms with van der Waals surface area (Å²) in [4.78, 5) is 25.8. The summed E-state index contributed by atoms with van der Waals surface area (Å²) in [5, 5.41) is 1.31. The second-order valence-electron chi connectivity index (χ2n) is 5.09. The summed E-state index contributed by atoms with van der Waals surface area (Å²) >= 11 is 0. The summed E-state index contributed by atoms with van der Waals surface area (Å²) in [6.45, 7) is 0. The van der Waals surface area contributed by atoms with Crippen LogP contribution in [0.5, 0.6) is 0 Å². The molecule has 0 amide bonds. The standard InChI is InChI=1S/C18H12N6S2/c1-7-19-8-2-13(1)15-5-11-21-17(23-15)25-26-18-22-12-6-16(24-18)14-3-9-20-10-4-14/h1-12H. The molecule has 0 bridgehead atoms. The van der Waals surface area contributed by atoms with Crippen LogP contribution in [0.15, 0.2) is 83.9 Å². The van der Waals surface area contributed by atoms with E-state index >= 15 is 0 Å². The van der Waals surface area contributed by atoms with Gasteiger partial charge in [0.2, 0.25) is 0 Å². The highest BCUT2D eigenvalue weighted by Gasteiger charge is 2.07. The van der Waals surface area contributed by atoms with Gasteiger partial charge >= 0.3 is 0 Å². The topological polar surface area (TPSA) is 77.3 Å². The molecule has 0 aliphatic carbocycles. The monoisotopic (exact) mass is 376 g/mol. The Balaban J connectivity index is 1.50. The molecule has 126 valence electrons. The lowest BCUT2D eigenvalue weighted by Gasteiger charge is -2.04. The van der Waals surface area contributed by atoms with Gasteiger partial charge in [0.05, 0.1) is 11.4 Å². The van der Waals surface area contributed by atoms with Crippen molar-refractivity contribution in [3.05, 3.63) is 73.6 Å². The van der Waals surface area contributed by atoms with Gasteiger partial charge in [-0.3, -0.25) is 9.97 Å². The van der Waals surface area contributed by atoms with Crippen molar-refractivity contribution in [2.24, 2.45) is 0 Å². The first-order chi connectivity index (χ1) is 12.9. The third-order valence-corrected chi connectivity index (χ3v) is 5.33. The van der Waals surface area contributed by atoms with Crippen LogP contribution < -0.4 is 0 Å². The first-order valence-electron chi connectivity index (χ1n) is 7.70. The summed E-state index contributed by atoms with van der Waals surface area (Å²) in [5.41, 5.74) is 3.73. The van der Waals surface area contributed by atoms with Crippen LogP contribution in [0.2, 0.25) is 0 Å². The lowest BCUT2D eigenvalue weighted by Crippen LogP contribution is -1.90. The Morgan fingerprint density at radius 1 is 0.500 bits per heavy atom. The normalized spacial score (nSPS) is 10.6. The van der Waals surface area contributed by atoms with Gasteiger partial charge in [-0.05, 0) is 58.0 Å². The molecule has 4 rings (SSSR count). The predicted octanol–water partition coefficient (Wildman–Crippen LogP) is 4.19. The van der Waals surface area contributed by atoms with Gasteiger partial charge in [-0.25, -0.2) is 19.9 Å². The molecule has 0 aliphatic rings. The Bertz CT molecular complexity index is 915. The van der Waals surface area contributed by atoms with E-state index in [1.807, 2.05) is 36.4 Å². The van der Waals surface area contributed by atoms with Gasteiger partial charge in [0.25, 0.3) is 0 Å². The van der Waals surface area contributed by atoms with Gasteiger partial charge in [-0.2, -0.15) is 0 Å². The quantitative estimate of drug-likeness (QED) is 0.379. The summed E-state index contributed by atoms with van der Waals surface area (Å²) in [7, 11) is 2.86. The lowest BCUT2D eigenvalue weighted by atomic mass is 10.2. The maximum atomic E-state index is 4.58. The van der Waals surface area contributed by atoms with E-state index in [0.29, 0.717) is 10.3 Å². The van der Waals surface area contributed by atoms with Crippen molar-refractivity contribution in [2.45, 2.75) is 10.3 Å². The molecule has 0 N–H and O–H groups in total. The zero-order chi connectivity index (χ0) is 17.6. The molecular formula is C18H12N6S2. The molecule has 4 aromatic heterocycles. The zero-order valence-corrected chi connectivity index (χ0v) is 15.1. The van der Waals surface area contributed by atoms with Crippen LogP contribution in [-0.2, 0) is 0 Å². The fourth-order valence-corrected chi connectivity index (χ4v) is 3.76. The summed E-state index contributed by atoms with van der Waals surface area (Å²) in [6.07, 6.45) is 10.5. The van der Waals surface area contributed by atoms with Crippen molar-refractivity contribution in [3.63, 3.8) is 0 Å². The zero-order valence-electron chi connectivity index (χ0n) is 13.4. The first-order valence-corrected chi connectivity index (χ1v) is 9.85. The van der Waals surface area contributed by atoms with Gasteiger partial charge in [0, 0.05) is 48.3 Å². The lowest BCUT2D eigenvalue weighted by molar-refractivity contribution is 0.972. The number of hydrogen-bond donors (Lipinski definition) is 0. The first kappa shape index (κ1) is 16.6. The molecule has 0 spiro atoms. The Morgan fingerprint density at radius 2 is 0.923 bits per heavy atom. The molecule has 0 saturated carbocycles. The van der Waals surface area contributed by atoms with E-state index in [1.165, 1.54) is 21.6 Å². The van der Waals surface area contributed by atoms with Crippen LogP contribution in [0.25, 0.3) is 22.5 Å². The third kappa shape index (κ3) is 4.04. The average Bonchev–Trinajstić information content (AvgIpc) is 2.74. The molecule has 8 heteroatoms. The van der Waals surface area contributed by atoms with E-state index in [0.717, 1.165) is 22.5 Å². The Labute approximate surface area is 158 Å². The minimum atomic E-state index is 0.655. The van der Waals surface area contributed by atoms with E-state index in [4.69, 9.17) is 0 Å². The van der Waals surface area contributed by atoms with Crippen molar-refractivity contribution in [3.8, 4) is 22.5 Å². The molecule has 0 fully saturated rings. The molecule has 0 aliphatic heterocycles. The fraction of sp³-hybridized carbons (Fsp3) is 0. The van der Waals surface area contributed by atoms with Crippen molar-refractivity contribution >= 4 is 21.6 Å². The Hall–Kier alpha value is -2.84. The van der Waals surface area contributed by atoms with Crippen LogP contribution in [-0.4, -0.2) is 29.9 Å². The van der Waals surface area contributed by atoms with Crippen molar-refractivity contribution < 1.29 is 0 Å². The minimum Gasteiger partial charge on any atom is -0.265 e. The van der Waals surface area contributed by atoms with E-state index < -0.39 is 0 Å². The molecule has 0 unspecified atom stereocenters. The molecule has 0 saturated heterocycles. The Morgan fingerprint density at radius 3 is 1.35 bits per heavy atom. The SMILES string of the molecule is c1cc(-c2ccnc(SSc3nccc(-c4ccncc4)n3)n2)ccn1. The highest BCUT2D eigenvalue weighted by molar-refractivity contribution is 8.76. The van der Waals surface area contributed by atoms with Crippen LogP contribution in [0.4, 0.5) is 0 Å². The predicted molar refractivity (Wildman–Crippen MR) is 102 cm³/mol. The van der Waals surface area contributed by atoms with Crippen LogP contribution in [0, 0.1) is 0 Å². The maximum Gasteiger partial charge on any atom is 0.199 e. The minimum absolute atomic E-state index is 0.655. The summed E-state index contributed by atoms with van der Waals surface area (Å²) < 4.78 is 0. The highest BCUT2D eigenvalue weighted by atomic mass is 33.1. The number of aromatic nitrogens is 6. The van der Waals surface area contributed by atoms with Crippen molar-refractivity contribution in [1.29, 1.82) is 0 Å². The molecular weight excluding hydrogens is 364 g/mol. The number of rotatable bonds is 5. The van der Waals surface area contributed by atoms with E-state index in [1.54, 1.807) is 37.2 Å². The maximum absolute atomic E-state index is 4.58. The molecule has 0 atom stereocenters. The molecule has 4 heterocycles. The van der Waals surface area contributed by atoms with Gasteiger partial charge in [-0.15, -0.1) is 0 Å². The average molecular weight is 376 g/mol. The Kier molecular flexibility index (Phi) is 5.13. The summed E-state index contributed by atoms with van der Waals surface area (Å²) in [6, 6.07) is 11.4. The van der Waals surface area contributed by atoms with Crippen LogP contribution in [0.1, 0.15) is 0 Å². The molecule has 26 heavy (non-hydrogen) atoms. The number of hydrogen-bond acceptors (Lipinski definition) is 8. The fourth-order valence-electron chi connectivity index (χ4n) is 2.20. The van der Waals surface area contributed by atoms with Gasteiger partial charge < -0.3 is 0 Å². The second-order valence-corrected chi connectivity index (χ2v) is 7.15. The van der Waals surface area contributed by atoms with Crippen LogP contribution in [0.3, 0.4) is 0 Å². The largest absolute Gasteiger partial charge is 0.265 e. The van der Waals surface area contributed by atoms with E-state index in [2.05, 4.69) is 29.9 Å². The smallest absolute Gasteiger partial charge is 0.199 e. The van der Waals surface area contributed by atoms with Crippen molar-refractivity contribution in [2.75, 3.05) is 0 Å². The molecule has 4 aromatic rings. The van der Waals surface area contributed by atoms with Gasteiger partial charge in [-0.1, -0.05) is 0 Å². The van der Waals surface area contributed by atoms with E-state index in [9.17, 15) is 0 Å². The van der Waals surface area contributed by atoms with E-state index in [-0.39, 0.29) is 0 Å². The molecule has 6 nitrogen and oxygen atoms in total. The van der Waals surface area contributed by atoms with Gasteiger partial charge in [0.1, 0.15) is 0 Å². The van der Waals surface area contributed by atoms with Crippen LogP contribution >= 0.6 is 21.6 Å². The number of pyridine rings is 2. The molecule has 0 aromatic carbocycles. The van der Waals surface area contributed by atoms with Crippen molar-refractivity contribution in [1.82, 2.24) is 29.9 Å². The molecule has 0 radical (unpaired) electrons. The highest BCUT2D eigenvalue weighted by Crippen LogP contribution is 2.34. The van der Waals surface area contributed by atoms with Gasteiger partial charge in [0.15, 0.2) is 10.3 Å².